The number of hydrogen-bond donors (Lipinski definition) is 0. The lowest BCUT2D eigenvalue weighted by Gasteiger charge is -2.23. The van der Waals surface area contributed by atoms with Gasteiger partial charge in [0, 0.05) is 29.0 Å². The van der Waals surface area contributed by atoms with E-state index in [0.717, 1.165) is 28.9 Å². The highest BCUT2D eigenvalue weighted by molar-refractivity contribution is 7.10. The van der Waals surface area contributed by atoms with Gasteiger partial charge in [-0.3, -0.25) is 4.79 Å². The van der Waals surface area contributed by atoms with Crippen LogP contribution in [0.15, 0.2) is 48.0 Å². The molecule has 134 valence electrons. The molecule has 0 aliphatic heterocycles. The number of nitrogens with zero attached hydrogens (tertiary/aromatic N) is 3. The molecule has 3 heterocycles. The molecule has 0 unspecified atom stereocenters. The van der Waals surface area contributed by atoms with Gasteiger partial charge < -0.3 is 0 Å². The van der Waals surface area contributed by atoms with E-state index in [2.05, 4.69) is 16.1 Å². The van der Waals surface area contributed by atoms with Crippen LogP contribution < -0.4 is 0 Å². The number of ketones is 1. The van der Waals surface area contributed by atoms with Gasteiger partial charge in [0.15, 0.2) is 11.4 Å². The maximum atomic E-state index is 13.3. The molecule has 1 aromatic carbocycles. The quantitative estimate of drug-likeness (QED) is 0.503. The Kier molecular flexibility index (Phi) is 3.68. The fourth-order valence-corrected chi connectivity index (χ4v) is 4.72. The Bertz CT molecular complexity index is 1160. The molecule has 5 rings (SSSR count). The Labute approximate surface area is 159 Å². The van der Waals surface area contributed by atoms with E-state index < -0.39 is 0 Å². The van der Waals surface area contributed by atoms with Crippen LogP contribution >= 0.6 is 11.3 Å². The predicted octanol–water partition coefficient (Wildman–Crippen LogP) is 4.82. The van der Waals surface area contributed by atoms with Crippen LogP contribution in [0, 0.1) is 12.7 Å². The number of fused-ring (bicyclic) bond motifs is 3. The molecule has 0 bridgehead atoms. The first-order valence-corrected chi connectivity index (χ1v) is 9.69. The summed E-state index contributed by atoms with van der Waals surface area (Å²) >= 11 is 1.69. The van der Waals surface area contributed by atoms with E-state index in [4.69, 9.17) is 0 Å². The molecule has 0 N–H and O–H groups in total. The Hall–Kier alpha value is -2.86. The van der Waals surface area contributed by atoms with Crippen LogP contribution in [-0.4, -0.2) is 20.4 Å². The van der Waals surface area contributed by atoms with Crippen molar-refractivity contribution in [3.8, 4) is 11.1 Å². The lowest BCUT2D eigenvalue weighted by molar-refractivity contribution is 0.0962. The Balaban J connectivity index is 1.69. The van der Waals surface area contributed by atoms with Crippen molar-refractivity contribution < 1.29 is 9.18 Å². The predicted molar refractivity (Wildman–Crippen MR) is 103 cm³/mol. The van der Waals surface area contributed by atoms with Crippen molar-refractivity contribution in [3.05, 3.63) is 75.6 Å². The molecule has 4 nitrogen and oxygen atoms in total. The van der Waals surface area contributed by atoms with Crippen molar-refractivity contribution >= 4 is 22.8 Å². The zero-order valence-electron chi connectivity index (χ0n) is 14.6. The number of aryl methyl sites for hydroxylation is 1. The number of carbonyl (C=O) groups is 1. The van der Waals surface area contributed by atoms with Gasteiger partial charge in [0.25, 0.3) is 0 Å². The largest absolute Gasteiger partial charge is 0.294 e. The maximum absolute atomic E-state index is 13.3. The molecule has 0 amide bonds. The fraction of sp³-hybridized carbons (Fsp3) is 0.190. The summed E-state index contributed by atoms with van der Waals surface area (Å²) in [6.45, 7) is 1.92. The van der Waals surface area contributed by atoms with Gasteiger partial charge in [-0.15, -0.1) is 11.3 Å². The van der Waals surface area contributed by atoms with Crippen molar-refractivity contribution in [1.29, 1.82) is 0 Å². The molecule has 1 aliphatic rings. The van der Waals surface area contributed by atoms with Gasteiger partial charge in [0.1, 0.15) is 5.82 Å². The van der Waals surface area contributed by atoms with Gasteiger partial charge in [0.2, 0.25) is 0 Å². The van der Waals surface area contributed by atoms with Crippen molar-refractivity contribution in [2.24, 2.45) is 0 Å². The maximum Gasteiger partial charge on any atom is 0.166 e. The van der Waals surface area contributed by atoms with E-state index >= 15 is 0 Å². The molecule has 6 heteroatoms. The fourth-order valence-electron chi connectivity index (χ4n) is 3.88. The number of Topliss-reactive ketones (excluding diaryl/α,β-unsaturated/α-hetero) is 1. The molecule has 4 aromatic rings. The smallest absolute Gasteiger partial charge is 0.166 e. The molecule has 0 saturated carbocycles. The Morgan fingerprint density at radius 3 is 2.74 bits per heavy atom. The van der Waals surface area contributed by atoms with Crippen molar-refractivity contribution in [3.63, 3.8) is 0 Å². The average molecular weight is 377 g/mol. The minimum atomic E-state index is -0.275. The van der Waals surface area contributed by atoms with Gasteiger partial charge in [0.05, 0.1) is 17.0 Å². The van der Waals surface area contributed by atoms with Gasteiger partial charge in [-0.1, -0.05) is 18.2 Å². The zero-order chi connectivity index (χ0) is 18.5. The van der Waals surface area contributed by atoms with Crippen LogP contribution in [0.3, 0.4) is 0 Å². The summed E-state index contributed by atoms with van der Waals surface area (Å²) in [5.41, 5.74) is 4.83. The molecule has 1 atom stereocenters. The second kappa shape index (κ2) is 6.09. The average Bonchev–Trinajstić information content (AvgIpc) is 3.30. The van der Waals surface area contributed by atoms with E-state index in [1.54, 1.807) is 34.2 Å². The molecule has 0 saturated heterocycles. The van der Waals surface area contributed by atoms with E-state index in [-0.39, 0.29) is 17.5 Å². The van der Waals surface area contributed by atoms with E-state index in [9.17, 15) is 9.18 Å². The Morgan fingerprint density at radius 2 is 2.00 bits per heavy atom. The zero-order valence-corrected chi connectivity index (χ0v) is 15.5. The lowest BCUT2D eigenvalue weighted by atomic mass is 9.85. The van der Waals surface area contributed by atoms with Crippen molar-refractivity contribution in [1.82, 2.24) is 14.6 Å². The van der Waals surface area contributed by atoms with Crippen LogP contribution in [0.4, 0.5) is 4.39 Å². The Morgan fingerprint density at radius 1 is 1.19 bits per heavy atom. The number of rotatable bonds is 2. The van der Waals surface area contributed by atoms with Crippen molar-refractivity contribution in [2.75, 3.05) is 0 Å². The number of benzene rings is 1. The number of aromatic nitrogens is 3. The van der Waals surface area contributed by atoms with Gasteiger partial charge >= 0.3 is 0 Å². The highest BCUT2D eigenvalue weighted by Crippen LogP contribution is 2.36. The van der Waals surface area contributed by atoms with Crippen molar-refractivity contribution in [2.45, 2.75) is 25.7 Å². The van der Waals surface area contributed by atoms with E-state index in [1.807, 2.05) is 18.4 Å². The highest BCUT2D eigenvalue weighted by Gasteiger charge is 2.30. The second-order valence-corrected chi connectivity index (χ2v) is 7.84. The van der Waals surface area contributed by atoms with Crippen LogP contribution in [0.2, 0.25) is 0 Å². The standard InChI is InChI=1S/C21H16FN3OS/c1-12-20(13-4-6-15(22)7-5-13)21-23-11-16-17(25(21)24-12)9-14(10-18(16)26)19-3-2-8-27-19/h2-8,11,14H,9-10H2,1H3/t14-/m0/s1. The lowest BCUT2D eigenvalue weighted by Crippen LogP contribution is -2.22. The molecule has 0 spiro atoms. The molecular weight excluding hydrogens is 361 g/mol. The SMILES string of the molecule is Cc1nn2c3c(cnc2c1-c1ccc(F)cc1)C(=O)C[C@@H](c1cccs1)C3. The van der Waals surface area contributed by atoms with Gasteiger partial charge in [-0.25, -0.2) is 13.9 Å². The second-order valence-electron chi connectivity index (χ2n) is 6.87. The minimum Gasteiger partial charge on any atom is -0.294 e. The third-order valence-corrected chi connectivity index (χ3v) is 6.20. The third-order valence-electron chi connectivity index (χ3n) is 5.17. The van der Waals surface area contributed by atoms with E-state index in [1.165, 1.54) is 17.0 Å². The summed E-state index contributed by atoms with van der Waals surface area (Å²) in [6, 6.07) is 10.5. The third kappa shape index (κ3) is 2.59. The van der Waals surface area contributed by atoms with Crippen LogP contribution in [0.1, 0.15) is 39.0 Å². The summed E-state index contributed by atoms with van der Waals surface area (Å²) in [7, 11) is 0. The van der Waals surface area contributed by atoms with E-state index in [0.29, 0.717) is 17.6 Å². The monoisotopic (exact) mass is 377 g/mol. The summed E-state index contributed by atoms with van der Waals surface area (Å²) in [5, 5.41) is 6.73. The number of thiophene rings is 1. The summed E-state index contributed by atoms with van der Waals surface area (Å²) in [6.07, 6.45) is 2.93. The van der Waals surface area contributed by atoms with Crippen LogP contribution in [-0.2, 0) is 6.42 Å². The first-order valence-electron chi connectivity index (χ1n) is 8.81. The van der Waals surface area contributed by atoms with Gasteiger partial charge in [-0.2, -0.15) is 5.10 Å². The number of halogens is 1. The summed E-state index contributed by atoms with van der Waals surface area (Å²) < 4.78 is 15.1. The summed E-state index contributed by atoms with van der Waals surface area (Å²) in [4.78, 5) is 18.5. The first-order chi connectivity index (χ1) is 13.1. The number of carbonyl (C=O) groups excluding carboxylic acids is 1. The first kappa shape index (κ1) is 16.3. The molecule has 27 heavy (non-hydrogen) atoms. The topological polar surface area (TPSA) is 47.3 Å². The summed E-state index contributed by atoms with van der Waals surface area (Å²) in [5.74, 6) is 0.0116. The highest BCUT2D eigenvalue weighted by atomic mass is 32.1. The molecule has 1 aliphatic carbocycles. The van der Waals surface area contributed by atoms with Gasteiger partial charge in [-0.05, 0) is 42.5 Å². The number of hydrogen-bond acceptors (Lipinski definition) is 4. The minimum absolute atomic E-state index is 0.112. The molecular formula is C21H16FN3OS. The van der Waals surface area contributed by atoms with Crippen LogP contribution in [0.5, 0.6) is 0 Å². The van der Waals surface area contributed by atoms with Crippen LogP contribution in [0.25, 0.3) is 16.8 Å². The molecule has 3 aromatic heterocycles. The molecule has 0 radical (unpaired) electrons. The normalized spacial score (nSPS) is 16.7. The molecule has 0 fully saturated rings.